The number of hydrogen-bond acceptors (Lipinski definition) is 5. The predicted molar refractivity (Wildman–Crippen MR) is 106 cm³/mol. The van der Waals surface area contributed by atoms with Crippen LogP contribution >= 0.6 is 0 Å². The Hall–Kier alpha value is 0.000649. The molecule has 0 N–H and O–H groups in total. The van der Waals surface area contributed by atoms with Gasteiger partial charge in [-0.15, -0.1) is 0 Å². The van der Waals surface area contributed by atoms with Crippen LogP contribution < -0.4 is 0 Å². The van der Waals surface area contributed by atoms with Gasteiger partial charge in [0.25, 0.3) is 0 Å². The van der Waals surface area contributed by atoms with Gasteiger partial charge in [-0.3, -0.25) is 4.79 Å². The normalized spacial score (nSPS) is 15.9. The van der Waals surface area contributed by atoms with Gasteiger partial charge >= 0.3 is 14.5 Å². The molecule has 0 aliphatic carbocycles. The summed E-state index contributed by atoms with van der Waals surface area (Å²) in [6.45, 7) is 20.9. The van der Waals surface area contributed by atoms with Gasteiger partial charge in [0.2, 0.25) is 14.6 Å². The highest BCUT2D eigenvalue weighted by Crippen LogP contribution is 2.26. The van der Waals surface area contributed by atoms with Crippen molar-refractivity contribution in [3.8, 4) is 0 Å². The summed E-state index contributed by atoms with van der Waals surface area (Å²) in [5.74, 6) is -0.228. The monoisotopic (exact) mass is 394 g/mol. The fourth-order valence-electron chi connectivity index (χ4n) is 2.83. The minimum Gasteiger partial charge on any atom is -0.437 e. The largest absolute Gasteiger partial charge is 0.437 e. The highest BCUT2D eigenvalue weighted by Gasteiger charge is 2.43. The Kier molecular flexibility index (Phi) is 9.63. The summed E-state index contributed by atoms with van der Waals surface area (Å²) in [5, 5.41) is 0. The first-order valence-corrected chi connectivity index (χ1v) is 18.2. The highest BCUT2D eigenvalue weighted by atomic mass is 28.5. The summed E-state index contributed by atoms with van der Waals surface area (Å²) in [6, 6.07) is 0. The van der Waals surface area contributed by atoms with Crippen molar-refractivity contribution in [3.63, 3.8) is 0 Å². The first-order chi connectivity index (χ1) is 10.8. The van der Waals surface area contributed by atoms with Gasteiger partial charge in [0.15, 0.2) is 8.32 Å². The van der Waals surface area contributed by atoms with E-state index in [4.69, 9.17) is 17.7 Å². The molecule has 0 saturated carbocycles. The number of carbonyl (C=O) groups is 1. The molecule has 144 valence electrons. The van der Waals surface area contributed by atoms with Crippen molar-refractivity contribution in [1.29, 1.82) is 0 Å². The second-order valence-electron chi connectivity index (χ2n) is 8.03. The first kappa shape index (κ1) is 24.0. The fourth-order valence-corrected chi connectivity index (χ4v) is 16.3. The lowest BCUT2D eigenvalue weighted by atomic mass is 10.4. The molecule has 0 aliphatic rings. The van der Waals surface area contributed by atoms with Crippen molar-refractivity contribution in [3.05, 3.63) is 0 Å². The summed E-state index contributed by atoms with van der Waals surface area (Å²) in [5.41, 5.74) is -0.0379. The molecule has 2 unspecified atom stereocenters. The number of esters is 1. The minimum absolute atomic E-state index is 0.0379. The van der Waals surface area contributed by atoms with Crippen LogP contribution in [0.5, 0.6) is 0 Å². The van der Waals surface area contributed by atoms with Crippen molar-refractivity contribution < 1.29 is 22.5 Å². The van der Waals surface area contributed by atoms with E-state index in [9.17, 15) is 4.79 Å². The maximum absolute atomic E-state index is 11.6. The van der Waals surface area contributed by atoms with Crippen LogP contribution in [-0.4, -0.2) is 43.2 Å². The van der Waals surface area contributed by atoms with Crippen LogP contribution in [0.2, 0.25) is 45.8 Å². The molecule has 0 aromatic carbocycles. The third-order valence-corrected chi connectivity index (χ3v) is 14.0. The van der Waals surface area contributed by atoms with E-state index in [0.29, 0.717) is 12.8 Å². The average molecular weight is 395 g/mol. The lowest BCUT2D eigenvalue weighted by molar-refractivity contribution is -0.184. The number of carbonyl (C=O) groups excluding carboxylic acids is 1. The van der Waals surface area contributed by atoms with Crippen LogP contribution in [0.4, 0.5) is 0 Å². The van der Waals surface area contributed by atoms with E-state index in [1.807, 2.05) is 6.92 Å². The fraction of sp³-hybridized carbons (Fsp3) is 0.938. The molecule has 0 aromatic heterocycles. The summed E-state index contributed by atoms with van der Waals surface area (Å²) in [6.07, 6.45) is 1.33. The molecule has 0 radical (unpaired) electrons. The van der Waals surface area contributed by atoms with Gasteiger partial charge in [0, 0.05) is 12.8 Å². The van der Waals surface area contributed by atoms with Gasteiger partial charge in [0.05, 0.1) is 5.73 Å². The van der Waals surface area contributed by atoms with Gasteiger partial charge in [-0.25, -0.2) is 0 Å². The molecule has 0 aliphatic heterocycles. The SMILES string of the molecule is CCC(=O)OC(CC)OC(CC)[Si](C)(C)O[Si](C)(C)O[Si](C)(C)C. The molecule has 0 aromatic rings. The number of hydrogen-bond donors (Lipinski definition) is 0. The Morgan fingerprint density at radius 3 is 1.79 bits per heavy atom. The van der Waals surface area contributed by atoms with Gasteiger partial charge < -0.3 is 17.7 Å². The van der Waals surface area contributed by atoms with Crippen LogP contribution in [0.1, 0.15) is 40.0 Å². The predicted octanol–water partition coefficient (Wildman–Crippen LogP) is 4.79. The van der Waals surface area contributed by atoms with Gasteiger partial charge in [0.1, 0.15) is 0 Å². The Balaban J connectivity index is 5.02. The quantitative estimate of drug-likeness (QED) is 0.286. The lowest BCUT2D eigenvalue weighted by Crippen LogP contribution is -2.57. The van der Waals surface area contributed by atoms with E-state index in [2.05, 4.69) is 52.8 Å². The molecule has 0 rings (SSSR count). The van der Waals surface area contributed by atoms with Crippen molar-refractivity contribution in [1.82, 2.24) is 0 Å². The maximum Gasteiger partial charge on any atom is 0.311 e. The number of rotatable bonds is 11. The Bertz CT molecular complexity index is 394. The Labute approximate surface area is 151 Å². The van der Waals surface area contributed by atoms with Crippen LogP contribution in [-0.2, 0) is 22.5 Å². The third-order valence-electron chi connectivity index (χ3n) is 3.41. The summed E-state index contributed by atoms with van der Waals surface area (Å²) in [4.78, 5) is 11.6. The van der Waals surface area contributed by atoms with Crippen molar-refractivity contribution in [2.24, 2.45) is 0 Å². The topological polar surface area (TPSA) is 54.0 Å². The Morgan fingerprint density at radius 1 is 0.875 bits per heavy atom. The zero-order valence-corrected chi connectivity index (χ0v) is 20.3. The summed E-state index contributed by atoms with van der Waals surface area (Å²) < 4.78 is 24.4. The summed E-state index contributed by atoms with van der Waals surface area (Å²) in [7, 11) is -6.03. The smallest absolute Gasteiger partial charge is 0.311 e. The molecule has 0 bridgehead atoms. The van der Waals surface area contributed by atoms with Crippen LogP contribution in [0.25, 0.3) is 0 Å². The van der Waals surface area contributed by atoms with E-state index in [1.165, 1.54) is 0 Å². The molecule has 0 heterocycles. The molecular weight excluding hydrogens is 356 g/mol. The lowest BCUT2D eigenvalue weighted by Gasteiger charge is -2.41. The molecular formula is C16H38O5Si3. The molecule has 24 heavy (non-hydrogen) atoms. The molecule has 0 fully saturated rings. The summed E-state index contributed by atoms with van der Waals surface area (Å²) >= 11 is 0. The van der Waals surface area contributed by atoms with Crippen molar-refractivity contribution in [2.75, 3.05) is 0 Å². The van der Waals surface area contributed by atoms with Crippen molar-refractivity contribution in [2.45, 2.75) is 97.9 Å². The van der Waals surface area contributed by atoms with E-state index in [0.717, 1.165) is 6.42 Å². The minimum atomic E-state index is -2.22. The first-order valence-electron chi connectivity index (χ1n) is 9.01. The molecule has 2 atom stereocenters. The number of ether oxygens (including phenoxy) is 2. The molecule has 5 nitrogen and oxygen atoms in total. The molecule has 0 amide bonds. The van der Waals surface area contributed by atoms with E-state index < -0.39 is 31.5 Å². The van der Waals surface area contributed by atoms with Crippen LogP contribution in [0.3, 0.4) is 0 Å². The van der Waals surface area contributed by atoms with Crippen molar-refractivity contribution >= 4 is 31.2 Å². The Morgan fingerprint density at radius 2 is 1.42 bits per heavy atom. The van der Waals surface area contributed by atoms with E-state index in [1.54, 1.807) is 6.92 Å². The van der Waals surface area contributed by atoms with Crippen LogP contribution in [0, 0.1) is 0 Å². The van der Waals surface area contributed by atoms with Crippen LogP contribution in [0.15, 0.2) is 0 Å². The second-order valence-corrected chi connectivity index (χ2v) is 20.5. The standard InChI is InChI=1S/C16H38O5Si3/c1-11-14(17)18-15(12-2)19-16(13-3)23(7,8)21-24(9,10)20-22(4,5)6/h15-16H,11-13H2,1-10H3. The zero-order valence-electron chi connectivity index (χ0n) is 17.3. The van der Waals surface area contributed by atoms with E-state index >= 15 is 0 Å². The van der Waals surface area contributed by atoms with Gasteiger partial charge in [-0.2, -0.15) is 0 Å². The molecule has 8 heteroatoms. The highest BCUT2D eigenvalue weighted by molar-refractivity contribution is 6.87. The van der Waals surface area contributed by atoms with Gasteiger partial charge in [-0.05, 0) is 52.2 Å². The maximum atomic E-state index is 11.6. The third kappa shape index (κ3) is 9.48. The zero-order chi connectivity index (χ0) is 19.2. The van der Waals surface area contributed by atoms with Gasteiger partial charge in [-0.1, -0.05) is 20.8 Å². The average Bonchev–Trinajstić information content (AvgIpc) is 2.38. The molecule has 0 saturated heterocycles. The second kappa shape index (κ2) is 9.63. The van der Waals surface area contributed by atoms with E-state index in [-0.39, 0.29) is 11.7 Å². The molecule has 0 spiro atoms.